The van der Waals surface area contributed by atoms with Crippen molar-refractivity contribution >= 4 is 5.78 Å². The van der Waals surface area contributed by atoms with E-state index in [0.717, 1.165) is 18.8 Å². The fourth-order valence-corrected chi connectivity index (χ4v) is 6.20. The molecule has 0 aromatic carbocycles. The Balaban J connectivity index is 1.93. The van der Waals surface area contributed by atoms with E-state index < -0.39 is 0 Å². The molecule has 2 heteroatoms. The molecule has 2 nitrogen and oxygen atoms in total. The summed E-state index contributed by atoms with van der Waals surface area (Å²) >= 11 is 0. The van der Waals surface area contributed by atoms with Crippen LogP contribution in [0.15, 0.2) is 11.6 Å². The molecular formula is C17H26NO+. The average Bonchev–Trinajstić information content (AvgIpc) is 2.34. The van der Waals surface area contributed by atoms with E-state index in [1.165, 1.54) is 43.3 Å². The first kappa shape index (κ1) is 12.1. The van der Waals surface area contributed by atoms with Crippen LogP contribution >= 0.6 is 0 Å². The molecule has 0 N–H and O–H groups in total. The summed E-state index contributed by atoms with van der Waals surface area (Å²) in [6, 6.07) is 0. The van der Waals surface area contributed by atoms with Crippen LogP contribution in [0.4, 0.5) is 0 Å². The average molecular weight is 260 g/mol. The highest BCUT2D eigenvalue weighted by Crippen LogP contribution is 2.59. The molecule has 2 heterocycles. The number of quaternary nitrogens is 1. The zero-order valence-electron chi connectivity index (χ0n) is 12.3. The minimum absolute atomic E-state index is 0.216. The molecule has 0 aromatic rings. The van der Waals surface area contributed by atoms with Crippen LogP contribution < -0.4 is 0 Å². The van der Waals surface area contributed by atoms with Crippen LogP contribution in [0.1, 0.15) is 45.4 Å². The second kappa shape index (κ2) is 3.72. The quantitative estimate of drug-likeness (QED) is 0.483. The lowest BCUT2D eigenvalue weighted by Crippen LogP contribution is -2.75. The number of hydrogen-bond donors (Lipinski definition) is 0. The minimum atomic E-state index is 0.216. The Hall–Kier alpha value is -0.630. The highest BCUT2D eigenvalue weighted by atomic mass is 16.1. The summed E-state index contributed by atoms with van der Waals surface area (Å²) < 4.78 is 1.18. The van der Waals surface area contributed by atoms with Crippen molar-refractivity contribution < 1.29 is 9.28 Å². The van der Waals surface area contributed by atoms with Crippen molar-refractivity contribution in [3.8, 4) is 0 Å². The van der Waals surface area contributed by atoms with Crippen molar-refractivity contribution in [2.45, 2.75) is 51.0 Å². The number of ketones is 1. The van der Waals surface area contributed by atoms with Gasteiger partial charge in [-0.25, -0.2) is 0 Å². The number of hydrogen-bond acceptors (Lipinski definition) is 1. The summed E-state index contributed by atoms with van der Waals surface area (Å²) in [5.41, 5.74) is 1.93. The van der Waals surface area contributed by atoms with Gasteiger partial charge in [0.05, 0.1) is 26.1 Å². The first-order chi connectivity index (χ1) is 9.07. The second-order valence-electron chi connectivity index (χ2n) is 7.82. The Morgan fingerprint density at radius 2 is 2.21 bits per heavy atom. The van der Waals surface area contributed by atoms with Crippen LogP contribution in [0.3, 0.4) is 0 Å². The molecular weight excluding hydrogens is 234 g/mol. The van der Waals surface area contributed by atoms with Crippen molar-refractivity contribution in [3.63, 3.8) is 0 Å². The summed E-state index contributed by atoms with van der Waals surface area (Å²) in [6.07, 6.45) is 9.56. The third-order valence-electron chi connectivity index (χ3n) is 6.79. The lowest BCUT2D eigenvalue weighted by Gasteiger charge is -2.65. The molecule has 2 saturated carbocycles. The number of piperidine rings is 1. The molecule has 4 rings (SSSR count). The van der Waals surface area contributed by atoms with Crippen molar-refractivity contribution in [2.24, 2.45) is 17.8 Å². The lowest BCUT2D eigenvalue weighted by atomic mass is 9.51. The molecule has 3 fully saturated rings. The Labute approximate surface area is 116 Å². The van der Waals surface area contributed by atoms with Gasteiger partial charge in [0.15, 0.2) is 0 Å². The zero-order chi connectivity index (χ0) is 13.3. The van der Waals surface area contributed by atoms with Gasteiger partial charge in [0.25, 0.3) is 0 Å². The van der Waals surface area contributed by atoms with E-state index in [1.807, 2.05) is 0 Å². The van der Waals surface area contributed by atoms with Crippen LogP contribution in [0.5, 0.6) is 0 Å². The van der Waals surface area contributed by atoms with Crippen LogP contribution in [-0.4, -0.2) is 35.9 Å². The van der Waals surface area contributed by atoms with Gasteiger partial charge < -0.3 is 4.48 Å². The van der Waals surface area contributed by atoms with Crippen molar-refractivity contribution in [3.05, 3.63) is 11.6 Å². The van der Waals surface area contributed by atoms with E-state index in [0.29, 0.717) is 17.6 Å². The summed E-state index contributed by atoms with van der Waals surface area (Å²) in [4.78, 5) is 12.7. The van der Waals surface area contributed by atoms with Gasteiger partial charge in [-0.15, -0.1) is 0 Å². The predicted octanol–water partition coefficient (Wildman–Crippen LogP) is 2.93. The van der Waals surface area contributed by atoms with Gasteiger partial charge in [-0.1, -0.05) is 13.0 Å². The van der Waals surface area contributed by atoms with Gasteiger partial charge in [-0.3, -0.25) is 4.79 Å². The number of rotatable bonds is 0. The van der Waals surface area contributed by atoms with E-state index in [2.05, 4.69) is 20.0 Å². The van der Waals surface area contributed by atoms with Crippen molar-refractivity contribution in [2.75, 3.05) is 20.1 Å². The topological polar surface area (TPSA) is 17.1 Å². The van der Waals surface area contributed by atoms with Gasteiger partial charge >= 0.3 is 0 Å². The number of likely N-dealkylation sites (N-methyl/N-ethyl adjacent to an activating group) is 1. The minimum Gasteiger partial charge on any atom is -0.317 e. The Morgan fingerprint density at radius 1 is 1.37 bits per heavy atom. The van der Waals surface area contributed by atoms with Gasteiger partial charge in [0, 0.05) is 19.3 Å². The largest absolute Gasteiger partial charge is 0.317 e. The zero-order valence-corrected chi connectivity index (χ0v) is 12.3. The molecule has 1 spiro atoms. The Bertz CT molecular complexity index is 468. The third-order valence-corrected chi connectivity index (χ3v) is 6.79. The monoisotopic (exact) mass is 260 g/mol. The van der Waals surface area contributed by atoms with Crippen LogP contribution in [0.2, 0.25) is 0 Å². The lowest BCUT2D eigenvalue weighted by molar-refractivity contribution is -0.965. The van der Waals surface area contributed by atoms with E-state index in [1.54, 1.807) is 5.57 Å². The van der Waals surface area contributed by atoms with Gasteiger partial charge in [-0.05, 0) is 36.7 Å². The maximum atomic E-state index is 12.7. The fourth-order valence-electron chi connectivity index (χ4n) is 6.20. The standard InChI is InChI=1S/C17H26NO/c1-12-9-13-10-16(19)15-6-4-8-18(2)7-3-5-14(13)17(15,18)11-12/h5,12-13,15H,3-4,6-11H2,1-2H3/q+1/t12-,13-,15-,17-,18?/m1/s1. The summed E-state index contributed by atoms with van der Waals surface area (Å²) in [5, 5.41) is 0. The summed E-state index contributed by atoms with van der Waals surface area (Å²) in [5.74, 6) is 2.33. The summed E-state index contributed by atoms with van der Waals surface area (Å²) in [7, 11) is 2.45. The molecule has 5 atom stereocenters. The Kier molecular flexibility index (Phi) is 2.38. The molecule has 1 saturated heterocycles. The van der Waals surface area contributed by atoms with E-state index in [9.17, 15) is 4.79 Å². The van der Waals surface area contributed by atoms with Crippen molar-refractivity contribution in [1.29, 1.82) is 0 Å². The Morgan fingerprint density at radius 3 is 3.05 bits per heavy atom. The first-order valence-electron chi connectivity index (χ1n) is 8.15. The van der Waals surface area contributed by atoms with Gasteiger partial charge in [0.1, 0.15) is 11.3 Å². The normalized spacial score (nSPS) is 52.4. The van der Waals surface area contributed by atoms with E-state index in [-0.39, 0.29) is 5.54 Å². The molecule has 104 valence electrons. The van der Waals surface area contributed by atoms with E-state index in [4.69, 9.17) is 0 Å². The molecule has 2 aliphatic carbocycles. The maximum absolute atomic E-state index is 12.7. The molecule has 0 radical (unpaired) electrons. The molecule has 2 aliphatic heterocycles. The third kappa shape index (κ3) is 1.34. The summed E-state index contributed by atoms with van der Waals surface area (Å²) in [6.45, 7) is 4.96. The number of nitrogens with zero attached hydrogens (tertiary/aromatic N) is 1. The number of Topliss-reactive ketones (excluding diaryl/α,β-unsaturated/α-hetero) is 1. The smallest absolute Gasteiger partial charge is 0.143 e. The van der Waals surface area contributed by atoms with Gasteiger partial charge in [-0.2, -0.15) is 0 Å². The molecule has 4 aliphatic rings. The maximum Gasteiger partial charge on any atom is 0.143 e. The van der Waals surface area contributed by atoms with E-state index >= 15 is 0 Å². The predicted molar refractivity (Wildman–Crippen MR) is 75.6 cm³/mol. The SMILES string of the molecule is C[C@@H]1C[C@@H]2CC(=O)[C@H]3CCC[N+]4(C)CCC=C2[C@]34C1. The molecule has 0 aromatic heterocycles. The highest BCUT2D eigenvalue weighted by molar-refractivity contribution is 5.85. The molecule has 19 heavy (non-hydrogen) atoms. The fraction of sp³-hybridized carbons (Fsp3) is 0.824. The van der Waals surface area contributed by atoms with Crippen LogP contribution in [0.25, 0.3) is 0 Å². The van der Waals surface area contributed by atoms with Crippen LogP contribution in [-0.2, 0) is 4.79 Å². The second-order valence-corrected chi connectivity index (χ2v) is 7.82. The first-order valence-corrected chi connectivity index (χ1v) is 8.15. The van der Waals surface area contributed by atoms with Crippen molar-refractivity contribution in [1.82, 2.24) is 0 Å². The number of carbonyl (C=O) groups is 1. The van der Waals surface area contributed by atoms with Crippen LogP contribution in [0, 0.1) is 17.8 Å². The highest BCUT2D eigenvalue weighted by Gasteiger charge is 2.66. The van der Waals surface area contributed by atoms with Gasteiger partial charge in [0.2, 0.25) is 0 Å². The molecule has 1 unspecified atom stereocenters. The molecule has 0 amide bonds. The number of carbonyl (C=O) groups excluding carboxylic acids is 1. The molecule has 2 bridgehead atoms.